The summed E-state index contributed by atoms with van der Waals surface area (Å²) >= 11 is 0. The van der Waals surface area contributed by atoms with Crippen molar-refractivity contribution in [2.24, 2.45) is 0 Å². The van der Waals surface area contributed by atoms with E-state index in [0.29, 0.717) is 13.2 Å². The van der Waals surface area contributed by atoms with Crippen LogP contribution in [0.5, 0.6) is 0 Å². The Hall–Kier alpha value is -1.20. The molecule has 5 nitrogen and oxygen atoms in total. The van der Waals surface area contributed by atoms with Crippen molar-refractivity contribution < 1.29 is 9.47 Å². The van der Waals surface area contributed by atoms with Gasteiger partial charge in [0, 0.05) is 18.8 Å². The first-order valence-electron chi connectivity index (χ1n) is 7.65. The van der Waals surface area contributed by atoms with Gasteiger partial charge in [0.05, 0.1) is 18.5 Å². The van der Waals surface area contributed by atoms with Crippen LogP contribution in [0.2, 0.25) is 0 Å². The van der Waals surface area contributed by atoms with Crippen molar-refractivity contribution in [3.8, 4) is 0 Å². The molecule has 1 fully saturated rings. The van der Waals surface area contributed by atoms with Crippen LogP contribution in [0.1, 0.15) is 43.5 Å². The van der Waals surface area contributed by atoms with Crippen molar-refractivity contribution in [1.82, 2.24) is 9.55 Å². The van der Waals surface area contributed by atoms with Gasteiger partial charge in [-0.05, 0) is 44.9 Å². The molecule has 2 aliphatic rings. The molecule has 0 aromatic carbocycles. The smallest absolute Gasteiger partial charge is 0.269 e. The molecule has 0 saturated carbocycles. The van der Waals surface area contributed by atoms with E-state index in [2.05, 4.69) is 4.98 Å². The lowest BCUT2D eigenvalue weighted by atomic mass is 10.0. The Balaban J connectivity index is 1.63. The SMILES string of the molecule is O=c1cnc2c(n1CCOC1CCCCO1)CCCC2. The molecular formula is C15H22N2O3. The highest BCUT2D eigenvalue weighted by Crippen LogP contribution is 2.18. The Morgan fingerprint density at radius 3 is 3.05 bits per heavy atom. The first-order chi connectivity index (χ1) is 9.84. The molecule has 0 bridgehead atoms. The van der Waals surface area contributed by atoms with Crippen LogP contribution >= 0.6 is 0 Å². The largest absolute Gasteiger partial charge is 0.353 e. The Kier molecular flexibility index (Phi) is 4.47. The number of aromatic nitrogens is 2. The fourth-order valence-corrected chi connectivity index (χ4v) is 3.00. The normalized spacial score (nSPS) is 22.5. The van der Waals surface area contributed by atoms with E-state index in [1.165, 1.54) is 12.6 Å². The molecule has 1 aromatic rings. The minimum absolute atomic E-state index is 0.0150. The van der Waals surface area contributed by atoms with E-state index in [-0.39, 0.29) is 11.8 Å². The number of hydrogen-bond donors (Lipinski definition) is 0. The molecule has 1 unspecified atom stereocenters. The molecular weight excluding hydrogens is 256 g/mol. The topological polar surface area (TPSA) is 53.4 Å². The molecule has 1 aromatic heterocycles. The predicted molar refractivity (Wildman–Crippen MR) is 74.7 cm³/mol. The molecule has 1 atom stereocenters. The highest BCUT2D eigenvalue weighted by molar-refractivity contribution is 5.15. The van der Waals surface area contributed by atoms with Gasteiger partial charge in [0.15, 0.2) is 6.29 Å². The molecule has 1 aliphatic heterocycles. The maximum atomic E-state index is 12.0. The van der Waals surface area contributed by atoms with Crippen LogP contribution in [0, 0.1) is 0 Å². The zero-order chi connectivity index (χ0) is 13.8. The van der Waals surface area contributed by atoms with Gasteiger partial charge in [0.25, 0.3) is 5.56 Å². The fraction of sp³-hybridized carbons (Fsp3) is 0.733. The number of rotatable bonds is 4. The van der Waals surface area contributed by atoms with Crippen LogP contribution in [-0.4, -0.2) is 29.1 Å². The van der Waals surface area contributed by atoms with E-state index in [1.807, 2.05) is 4.57 Å². The van der Waals surface area contributed by atoms with Gasteiger partial charge < -0.3 is 14.0 Å². The van der Waals surface area contributed by atoms with Crippen molar-refractivity contribution in [2.45, 2.75) is 57.8 Å². The lowest BCUT2D eigenvalue weighted by Crippen LogP contribution is -2.30. The predicted octanol–water partition coefficient (Wildman–Crippen LogP) is 1.67. The van der Waals surface area contributed by atoms with Crippen LogP contribution in [0.15, 0.2) is 11.0 Å². The van der Waals surface area contributed by atoms with Gasteiger partial charge in [-0.3, -0.25) is 9.78 Å². The lowest BCUT2D eigenvalue weighted by molar-refractivity contribution is -0.163. The summed E-state index contributed by atoms with van der Waals surface area (Å²) in [4.78, 5) is 16.3. The molecule has 3 rings (SSSR count). The minimum atomic E-state index is -0.0860. The van der Waals surface area contributed by atoms with E-state index in [9.17, 15) is 4.79 Å². The number of hydrogen-bond acceptors (Lipinski definition) is 4. The van der Waals surface area contributed by atoms with E-state index in [1.54, 1.807) is 0 Å². The fourth-order valence-electron chi connectivity index (χ4n) is 3.00. The van der Waals surface area contributed by atoms with E-state index < -0.39 is 0 Å². The Morgan fingerprint density at radius 1 is 1.30 bits per heavy atom. The summed E-state index contributed by atoms with van der Waals surface area (Å²) < 4.78 is 13.1. The summed E-state index contributed by atoms with van der Waals surface area (Å²) in [5.41, 5.74) is 2.18. The quantitative estimate of drug-likeness (QED) is 0.840. The number of nitrogens with zero attached hydrogens (tertiary/aromatic N) is 2. The van der Waals surface area contributed by atoms with Crippen LogP contribution in [0.4, 0.5) is 0 Å². The third-order valence-electron chi connectivity index (χ3n) is 4.09. The van der Waals surface area contributed by atoms with Crippen molar-refractivity contribution in [1.29, 1.82) is 0 Å². The number of fused-ring (bicyclic) bond motifs is 1. The van der Waals surface area contributed by atoms with Crippen LogP contribution in [0.25, 0.3) is 0 Å². The van der Waals surface area contributed by atoms with Gasteiger partial charge in [0.1, 0.15) is 0 Å². The van der Waals surface area contributed by atoms with Crippen LogP contribution < -0.4 is 5.56 Å². The van der Waals surface area contributed by atoms with Crippen LogP contribution in [-0.2, 0) is 28.9 Å². The molecule has 1 aliphatic carbocycles. The van der Waals surface area contributed by atoms with Gasteiger partial charge in [-0.2, -0.15) is 0 Å². The molecule has 0 N–H and O–H groups in total. The minimum Gasteiger partial charge on any atom is -0.353 e. The Morgan fingerprint density at radius 2 is 2.20 bits per heavy atom. The van der Waals surface area contributed by atoms with E-state index in [4.69, 9.17) is 9.47 Å². The monoisotopic (exact) mass is 278 g/mol. The third kappa shape index (κ3) is 3.10. The average molecular weight is 278 g/mol. The molecule has 0 spiro atoms. The Bertz CT molecular complexity index is 506. The van der Waals surface area contributed by atoms with Crippen molar-refractivity contribution >= 4 is 0 Å². The maximum absolute atomic E-state index is 12.0. The molecule has 2 heterocycles. The molecule has 110 valence electrons. The van der Waals surface area contributed by atoms with Crippen molar-refractivity contribution in [3.63, 3.8) is 0 Å². The Labute approximate surface area is 118 Å². The van der Waals surface area contributed by atoms with Gasteiger partial charge in [-0.1, -0.05) is 0 Å². The van der Waals surface area contributed by atoms with Gasteiger partial charge in [0.2, 0.25) is 0 Å². The molecule has 20 heavy (non-hydrogen) atoms. The first kappa shape index (κ1) is 13.8. The van der Waals surface area contributed by atoms with E-state index >= 15 is 0 Å². The average Bonchev–Trinajstić information content (AvgIpc) is 2.50. The van der Waals surface area contributed by atoms with Crippen molar-refractivity contribution in [2.75, 3.05) is 13.2 Å². The van der Waals surface area contributed by atoms with Crippen molar-refractivity contribution in [3.05, 3.63) is 27.9 Å². The summed E-state index contributed by atoms with van der Waals surface area (Å²) in [6.07, 6.45) is 8.87. The first-order valence-corrected chi connectivity index (χ1v) is 7.65. The third-order valence-corrected chi connectivity index (χ3v) is 4.09. The highest BCUT2D eigenvalue weighted by Gasteiger charge is 2.17. The maximum Gasteiger partial charge on any atom is 0.269 e. The second-order valence-corrected chi connectivity index (χ2v) is 5.52. The lowest BCUT2D eigenvalue weighted by Gasteiger charge is -2.24. The van der Waals surface area contributed by atoms with Crippen LogP contribution in [0.3, 0.4) is 0 Å². The number of aryl methyl sites for hydroxylation is 1. The summed E-state index contributed by atoms with van der Waals surface area (Å²) in [5, 5.41) is 0. The number of ether oxygens (including phenoxy) is 2. The summed E-state index contributed by atoms with van der Waals surface area (Å²) in [6, 6.07) is 0. The highest BCUT2D eigenvalue weighted by atomic mass is 16.7. The second kappa shape index (κ2) is 6.50. The second-order valence-electron chi connectivity index (χ2n) is 5.52. The standard InChI is InChI=1S/C15H22N2O3/c18-14-11-16-12-5-1-2-6-13(12)17(14)8-10-20-15-7-3-4-9-19-15/h11,15H,1-10H2. The van der Waals surface area contributed by atoms with Gasteiger partial charge in [-0.25, -0.2) is 0 Å². The summed E-state index contributed by atoms with van der Waals surface area (Å²) in [6.45, 7) is 1.92. The molecule has 5 heteroatoms. The molecule has 0 amide bonds. The summed E-state index contributed by atoms with van der Waals surface area (Å²) in [5.74, 6) is 0. The van der Waals surface area contributed by atoms with E-state index in [0.717, 1.165) is 56.5 Å². The van der Waals surface area contributed by atoms with Gasteiger partial charge in [-0.15, -0.1) is 0 Å². The zero-order valence-electron chi connectivity index (χ0n) is 11.8. The summed E-state index contributed by atoms with van der Waals surface area (Å²) in [7, 11) is 0. The van der Waals surface area contributed by atoms with Gasteiger partial charge >= 0.3 is 0 Å². The zero-order valence-corrected chi connectivity index (χ0v) is 11.8. The molecule has 1 saturated heterocycles. The molecule has 0 radical (unpaired) electrons.